The molecule has 1 atom stereocenters. The van der Waals surface area contributed by atoms with Crippen molar-refractivity contribution in [3.8, 4) is 0 Å². The molecular weight excluding hydrogens is 434 g/mol. The third-order valence-electron chi connectivity index (χ3n) is 8.74. The summed E-state index contributed by atoms with van der Waals surface area (Å²) in [7, 11) is 1.76. The highest BCUT2D eigenvalue weighted by Crippen LogP contribution is 2.31. The molecule has 1 aliphatic heterocycles. The molecule has 0 bridgehead atoms. The minimum absolute atomic E-state index is 0.190. The summed E-state index contributed by atoms with van der Waals surface area (Å²) in [6.45, 7) is 14.3. The van der Waals surface area contributed by atoms with Crippen molar-refractivity contribution in [3.63, 3.8) is 0 Å². The number of ketones is 1. The van der Waals surface area contributed by atoms with Crippen molar-refractivity contribution in [2.24, 2.45) is 29.6 Å². The zero-order chi connectivity index (χ0) is 26.1. The maximum atomic E-state index is 9.56. The number of aliphatic hydroxyl groups is 1. The molecule has 0 aromatic rings. The molecule has 1 unspecified atom stereocenters. The fourth-order valence-electron chi connectivity index (χ4n) is 5.56. The summed E-state index contributed by atoms with van der Waals surface area (Å²) in [6, 6.07) is 0.943. The van der Waals surface area contributed by atoms with Crippen molar-refractivity contribution in [2.75, 3.05) is 33.4 Å². The van der Waals surface area contributed by atoms with Gasteiger partial charge in [0.05, 0.1) is 0 Å². The van der Waals surface area contributed by atoms with E-state index in [0.717, 1.165) is 42.2 Å². The minimum Gasteiger partial charge on any atom is -0.389 e. The summed E-state index contributed by atoms with van der Waals surface area (Å²) in [5.74, 6) is 4.77. The summed E-state index contributed by atoms with van der Waals surface area (Å²) in [5, 5.41) is 7.79. The SMILES string of the molecule is CC(=O)CO.CC1CCC(N2CCC(C)CC2)CC1.CCC(C)C1CCCCC1.COCC1CC1. The monoisotopic (exact) mass is 495 g/mol. The van der Waals surface area contributed by atoms with Gasteiger partial charge in [0.15, 0.2) is 5.78 Å². The van der Waals surface area contributed by atoms with Crippen LogP contribution in [0.5, 0.6) is 0 Å². The number of likely N-dealkylation sites (tertiary alicyclic amines) is 1. The number of Topliss-reactive ketones (excluding diaryl/α,β-unsaturated/α-hetero) is 1. The number of carbonyl (C=O) groups is 1. The summed E-state index contributed by atoms with van der Waals surface area (Å²) >= 11 is 0. The van der Waals surface area contributed by atoms with Gasteiger partial charge in [0.2, 0.25) is 0 Å². The Hall–Kier alpha value is -0.450. The Bertz CT molecular complexity index is 479. The van der Waals surface area contributed by atoms with E-state index in [9.17, 15) is 4.79 Å². The second-order valence-electron chi connectivity index (χ2n) is 12.2. The van der Waals surface area contributed by atoms with Crippen LogP contribution in [0.4, 0.5) is 0 Å². The summed E-state index contributed by atoms with van der Waals surface area (Å²) < 4.78 is 4.87. The molecular formula is C31H61NO3. The normalized spacial score (nSPS) is 26.7. The molecule has 4 fully saturated rings. The third kappa shape index (κ3) is 16.1. The molecule has 0 aromatic heterocycles. The van der Waals surface area contributed by atoms with Crippen molar-refractivity contribution in [1.82, 2.24) is 4.90 Å². The minimum atomic E-state index is -0.333. The fourth-order valence-corrected chi connectivity index (χ4v) is 5.56. The van der Waals surface area contributed by atoms with Crippen LogP contribution in [0.15, 0.2) is 0 Å². The predicted molar refractivity (Wildman–Crippen MR) is 150 cm³/mol. The maximum absolute atomic E-state index is 9.56. The summed E-state index contributed by atoms with van der Waals surface area (Å²) in [6.07, 6.45) is 20.4. The van der Waals surface area contributed by atoms with E-state index < -0.39 is 0 Å². The average Bonchev–Trinajstić information content (AvgIpc) is 3.71. The second kappa shape index (κ2) is 19.6. The number of aliphatic hydroxyl groups excluding tert-OH is 1. The molecule has 4 heteroatoms. The zero-order valence-corrected chi connectivity index (χ0v) is 24.4. The van der Waals surface area contributed by atoms with Crippen LogP contribution in [-0.2, 0) is 9.53 Å². The van der Waals surface area contributed by atoms with E-state index in [1.165, 1.54) is 110 Å². The number of hydrogen-bond acceptors (Lipinski definition) is 4. The number of piperidine rings is 1. The number of rotatable bonds is 6. The number of ether oxygens (including phenoxy) is 1. The first-order chi connectivity index (χ1) is 16.8. The fraction of sp³-hybridized carbons (Fsp3) is 0.968. The standard InChI is InChI=1S/C13H25N.C10H20.C5H10O.C3H6O2/c1-11-3-5-13(6-4-11)14-9-7-12(2)8-10-14;1-3-9(2)10-7-5-4-6-8-10;1-6-4-5-2-3-5;1-3(5)2-4/h11-13H,3-10H2,1-2H3;9-10H,3-8H2,1-2H3;5H,2-4H2,1H3;4H,2H2,1H3. The van der Waals surface area contributed by atoms with Gasteiger partial charge in [-0.2, -0.15) is 0 Å². The number of carbonyl (C=O) groups excluding carboxylic acids is 1. The van der Waals surface area contributed by atoms with Gasteiger partial charge in [0.25, 0.3) is 0 Å². The number of nitrogens with zero attached hydrogens (tertiary/aromatic N) is 1. The average molecular weight is 496 g/mol. The topological polar surface area (TPSA) is 49.8 Å². The lowest BCUT2D eigenvalue weighted by molar-refractivity contribution is -0.119. The van der Waals surface area contributed by atoms with Crippen LogP contribution in [0.2, 0.25) is 0 Å². The Morgan fingerprint density at radius 1 is 0.886 bits per heavy atom. The molecule has 1 N–H and O–H groups in total. The van der Waals surface area contributed by atoms with Crippen LogP contribution in [-0.4, -0.2) is 55.2 Å². The quantitative estimate of drug-likeness (QED) is 0.414. The Morgan fingerprint density at radius 2 is 1.40 bits per heavy atom. The smallest absolute Gasteiger partial charge is 0.155 e. The largest absolute Gasteiger partial charge is 0.389 e. The molecule has 0 aromatic carbocycles. The van der Waals surface area contributed by atoms with Crippen LogP contribution >= 0.6 is 0 Å². The van der Waals surface area contributed by atoms with Crippen molar-refractivity contribution < 1.29 is 14.6 Å². The van der Waals surface area contributed by atoms with Gasteiger partial charge in [-0.1, -0.05) is 66.2 Å². The van der Waals surface area contributed by atoms with Gasteiger partial charge in [-0.25, -0.2) is 0 Å². The molecule has 3 aliphatic carbocycles. The van der Waals surface area contributed by atoms with E-state index in [1.807, 2.05) is 0 Å². The van der Waals surface area contributed by atoms with Crippen LogP contribution in [0.3, 0.4) is 0 Å². The highest BCUT2D eigenvalue weighted by molar-refractivity contribution is 5.76. The molecule has 1 heterocycles. The Morgan fingerprint density at radius 3 is 1.80 bits per heavy atom. The lowest BCUT2D eigenvalue weighted by Crippen LogP contribution is -2.42. The van der Waals surface area contributed by atoms with Gasteiger partial charge >= 0.3 is 0 Å². The molecule has 208 valence electrons. The lowest BCUT2D eigenvalue weighted by atomic mass is 9.80. The molecule has 3 saturated carbocycles. The molecule has 1 saturated heterocycles. The van der Waals surface area contributed by atoms with Gasteiger partial charge in [0, 0.05) is 19.8 Å². The summed E-state index contributed by atoms with van der Waals surface area (Å²) in [5.41, 5.74) is 0. The predicted octanol–water partition coefficient (Wildman–Crippen LogP) is 7.52. The molecule has 0 radical (unpaired) electrons. The van der Waals surface area contributed by atoms with Crippen LogP contribution < -0.4 is 0 Å². The first-order valence-corrected chi connectivity index (χ1v) is 15.1. The molecule has 4 aliphatic rings. The van der Waals surface area contributed by atoms with Crippen LogP contribution in [0.1, 0.15) is 125 Å². The zero-order valence-electron chi connectivity index (χ0n) is 24.4. The van der Waals surface area contributed by atoms with Crippen molar-refractivity contribution in [2.45, 2.75) is 131 Å². The number of hydrogen-bond donors (Lipinski definition) is 1. The molecule has 0 spiro atoms. The van der Waals surface area contributed by atoms with Crippen LogP contribution in [0, 0.1) is 29.6 Å². The Labute approximate surface area is 219 Å². The van der Waals surface area contributed by atoms with Crippen molar-refractivity contribution >= 4 is 5.78 Å². The van der Waals surface area contributed by atoms with Gasteiger partial charge in [-0.15, -0.1) is 0 Å². The second-order valence-corrected chi connectivity index (χ2v) is 12.2. The van der Waals surface area contributed by atoms with E-state index in [-0.39, 0.29) is 12.4 Å². The van der Waals surface area contributed by atoms with Crippen LogP contribution in [0.25, 0.3) is 0 Å². The van der Waals surface area contributed by atoms with Gasteiger partial charge in [-0.3, -0.25) is 4.79 Å². The first-order valence-electron chi connectivity index (χ1n) is 15.1. The first kappa shape index (κ1) is 32.6. The highest BCUT2D eigenvalue weighted by atomic mass is 16.5. The molecule has 35 heavy (non-hydrogen) atoms. The van der Waals surface area contributed by atoms with Crippen molar-refractivity contribution in [1.29, 1.82) is 0 Å². The van der Waals surface area contributed by atoms with Crippen molar-refractivity contribution in [3.05, 3.63) is 0 Å². The van der Waals surface area contributed by atoms with E-state index in [0.29, 0.717) is 0 Å². The van der Waals surface area contributed by atoms with Gasteiger partial charge < -0.3 is 14.7 Å². The highest BCUT2D eigenvalue weighted by Gasteiger charge is 2.26. The lowest BCUT2D eigenvalue weighted by Gasteiger charge is -2.39. The molecule has 4 nitrogen and oxygen atoms in total. The molecule has 4 rings (SSSR count). The molecule has 0 amide bonds. The van der Waals surface area contributed by atoms with Gasteiger partial charge in [-0.05, 0) is 101 Å². The van der Waals surface area contributed by atoms with E-state index >= 15 is 0 Å². The number of methoxy groups -OCH3 is 1. The van der Waals surface area contributed by atoms with E-state index in [1.54, 1.807) is 7.11 Å². The van der Waals surface area contributed by atoms with Gasteiger partial charge in [0.1, 0.15) is 6.61 Å². The van der Waals surface area contributed by atoms with E-state index in [2.05, 4.69) is 32.6 Å². The summed E-state index contributed by atoms with van der Waals surface area (Å²) in [4.78, 5) is 12.3. The Balaban J connectivity index is 0.000000255. The Kier molecular flexibility index (Phi) is 18.3. The third-order valence-corrected chi connectivity index (χ3v) is 8.74. The van der Waals surface area contributed by atoms with E-state index in [4.69, 9.17) is 9.84 Å². The maximum Gasteiger partial charge on any atom is 0.155 e.